The van der Waals surface area contributed by atoms with Gasteiger partial charge < -0.3 is 10.0 Å². The number of nitrogens with zero attached hydrogens (tertiary/aromatic N) is 2. The molecule has 102 valence electrons. The van der Waals surface area contributed by atoms with Crippen molar-refractivity contribution in [2.75, 3.05) is 27.2 Å². The molecule has 0 spiro atoms. The Balaban J connectivity index is 2.23. The van der Waals surface area contributed by atoms with Crippen LogP contribution in [0.15, 0.2) is 16.3 Å². The van der Waals surface area contributed by atoms with E-state index in [1.54, 1.807) is 6.07 Å². The van der Waals surface area contributed by atoms with Gasteiger partial charge in [0.05, 0.1) is 16.5 Å². The van der Waals surface area contributed by atoms with E-state index in [4.69, 9.17) is 11.6 Å². The third kappa shape index (κ3) is 2.56. The molecule has 2 heterocycles. The lowest BCUT2D eigenvalue weighted by Crippen LogP contribution is -2.38. The lowest BCUT2D eigenvalue weighted by Gasteiger charge is -2.21. The van der Waals surface area contributed by atoms with Gasteiger partial charge in [-0.25, -0.2) is 8.42 Å². The van der Waals surface area contributed by atoms with Crippen LogP contribution >= 0.6 is 22.9 Å². The van der Waals surface area contributed by atoms with Crippen molar-refractivity contribution in [1.29, 1.82) is 0 Å². The fourth-order valence-electron chi connectivity index (χ4n) is 2.00. The van der Waals surface area contributed by atoms with Gasteiger partial charge in [-0.15, -0.1) is 11.3 Å². The predicted molar refractivity (Wildman–Crippen MR) is 71.6 cm³/mol. The molecule has 0 unspecified atom stereocenters. The fourth-order valence-corrected chi connectivity index (χ4v) is 5.12. The average Bonchev–Trinajstić information content (AvgIpc) is 2.84. The molecule has 0 aromatic carbocycles. The second-order valence-electron chi connectivity index (χ2n) is 4.48. The van der Waals surface area contributed by atoms with Gasteiger partial charge in [-0.3, -0.25) is 0 Å². The maximum atomic E-state index is 12.3. The Labute approximate surface area is 116 Å². The highest BCUT2D eigenvalue weighted by Gasteiger charge is 2.39. The van der Waals surface area contributed by atoms with Crippen molar-refractivity contribution in [1.82, 2.24) is 9.21 Å². The van der Waals surface area contributed by atoms with E-state index in [1.807, 2.05) is 19.0 Å². The van der Waals surface area contributed by atoms with Gasteiger partial charge in [0.15, 0.2) is 0 Å². The summed E-state index contributed by atoms with van der Waals surface area (Å²) in [4.78, 5) is 1.83. The van der Waals surface area contributed by atoms with Crippen molar-refractivity contribution >= 4 is 33.0 Å². The smallest absolute Gasteiger partial charge is 0.252 e. The van der Waals surface area contributed by atoms with E-state index in [0.29, 0.717) is 10.9 Å². The summed E-state index contributed by atoms with van der Waals surface area (Å²) in [5, 5.41) is 9.87. The Bertz CT molecular complexity index is 529. The number of rotatable bonds is 3. The Hall–Kier alpha value is -0.180. The Morgan fingerprint density at radius 1 is 1.44 bits per heavy atom. The van der Waals surface area contributed by atoms with Crippen molar-refractivity contribution in [3.63, 3.8) is 0 Å². The van der Waals surface area contributed by atoms with Crippen LogP contribution in [0.4, 0.5) is 0 Å². The predicted octanol–water partition coefficient (Wildman–Crippen LogP) is 0.697. The van der Waals surface area contributed by atoms with Crippen molar-refractivity contribution < 1.29 is 13.5 Å². The third-order valence-corrected chi connectivity index (χ3v) is 6.56. The van der Waals surface area contributed by atoms with E-state index in [2.05, 4.69) is 0 Å². The molecule has 8 heteroatoms. The Morgan fingerprint density at radius 2 is 2.11 bits per heavy atom. The maximum Gasteiger partial charge on any atom is 0.252 e. The number of halogens is 1. The highest BCUT2D eigenvalue weighted by Crippen LogP contribution is 2.30. The first-order chi connectivity index (χ1) is 8.32. The van der Waals surface area contributed by atoms with Gasteiger partial charge in [0.1, 0.15) is 4.21 Å². The summed E-state index contributed by atoms with van der Waals surface area (Å²) in [5.41, 5.74) is 0. The van der Waals surface area contributed by atoms with E-state index in [0.717, 1.165) is 11.3 Å². The zero-order chi connectivity index (χ0) is 13.5. The quantitative estimate of drug-likeness (QED) is 0.892. The number of likely N-dealkylation sites (N-methyl/N-ethyl adjacent to an activating group) is 1. The molecular formula is C10H15ClN2O3S2. The topological polar surface area (TPSA) is 60.9 Å². The van der Waals surface area contributed by atoms with Crippen LogP contribution in [-0.4, -0.2) is 62.1 Å². The molecule has 0 amide bonds. The minimum absolute atomic E-state index is 0.126. The zero-order valence-corrected chi connectivity index (χ0v) is 12.5. The van der Waals surface area contributed by atoms with Gasteiger partial charge in [-0.2, -0.15) is 4.31 Å². The first kappa shape index (κ1) is 14.2. The summed E-state index contributed by atoms with van der Waals surface area (Å²) >= 11 is 6.79. The number of hydrogen-bond acceptors (Lipinski definition) is 5. The molecule has 0 bridgehead atoms. The minimum atomic E-state index is -3.54. The van der Waals surface area contributed by atoms with Crippen LogP contribution < -0.4 is 0 Å². The van der Waals surface area contributed by atoms with Crippen LogP contribution in [0.1, 0.15) is 0 Å². The average molecular weight is 311 g/mol. The van der Waals surface area contributed by atoms with Crippen molar-refractivity contribution in [3.05, 3.63) is 16.5 Å². The summed E-state index contributed by atoms with van der Waals surface area (Å²) in [5.74, 6) is 0. The van der Waals surface area contributed by atoms with E-state index >= 15 is 0 Å². The van der Waals surface area contributed by atoms with Crippen molar-refractivity contribution in [2.24, 2.45) is 0 Å². The largest absolute Gasteiger partial charge is 0.390 e. The van der Waals surface area contributed by atoms with Crippen LogP contribution in [0.25, 0.3) is 0 Å². The van der Waals surface area contributed by atoms with E-state index in [1.165, 1.54) is 10.4 Å². The molecule has 1 fully saturated rings. The number of sulfonamides is 1. The minimum Gasteiger partial charge on any atom is -0.390 e. The van der Waals surface area contributed by atoms with Gasteiger partial charge in [-0.05, 0) is 26.2 Å². The van der Waals surface area contributed by atoms with Crippen LogP contribution in [-0.2, 0) is 10.0 Å². The first-order valence-corrected chi connectivity index (χ1v) is 8.06. The van der Waals surface area contributed by atoms with Gasteiger partial charge >= 0.3 is 0 Å². The second-order valence-corrected chi connectivity index (χ2v) is 8.36. The number of aliphatic hydroxyl groups is 1. The molecule has 0 saturated carbocycles. The molecule has 2 rings (SSSR count). The normalized spacial score (nSPS) is 26.1. The standard InChI is InChI=1S/C10H15ClN2O3S2/c1-12(2)7-5-13(6-8(7)14)18(15,16)10-4-3-9(11)17-10/h3-4,7-8,14H,5-6H2,1-2H3/t7-,8-/m0/s1. The van der Waals surface area contributed by atoms with Crippen molar-refractivity contribution in [3.8, 4) is 0 Å². The van der Waals surface area contributed by atoms with Gasteiger partial charge in [0, 0.05) is 13.1 Å². The van der Waals surface area contributed by atoms with Crippen LogP contribution in [0.3, 0.4) is 0 Å². The Morgan fingerprint density at radius 3 is 2.56 bits per heavy atom. The van der Waals surface area contributed by atoms with E-state index < -0.39 is 16.1 Å². The first-order valence-electron chi connectivity index (χ1n) is 5.42. The van der Waals surface area contributed by atoms with E-state index in [9.17, 15) is 13.5 Å². The molecule has 1 aromatic heterocycles. The molecule has 0 radical (unpaired) electrons. The van der Waals surface area contributed by atoms with Crippen molar-refractivity contribution in [2.45, 2.75) is 16.4 Å². The molecule has 1 saturated heterocycles. The number of thiophene rings is 1. The van der Waals surface area contributed by atoms with E-state index in [-0.39, 0.29) is 16.8 Å². The number of hydrogen-bond donors (Lipinski definition) is 1. The lowest BCUT2D eigenvalue weighted by atomic mass is 10.2. The van der Waals surface area contributed by atoms with Gasteiger partial charge in [-0.1, -0.05) is 11.6 Å². The molecule has 5 nitrogen and oxygen atoms in total. The lowest BCUT2D eigenvalue weighted by molar-refractivity contribution is 0.113. The highest BCUT2D eigenvalue weighted by atomic mass is 35.5. The van der Waals surface area contributed by atoms with Crippen LogP contribution in [0.2, 0.25) is 4.34 Å². The fraction of sp³-hybridized carbons (Fsp3) is 0.600. The van der Waals surface area contributed by atoms with Crippen LogP contribution in [0.5, 0.6) is 0 Å². The summed E-state index contributed by atoms with van der Waals surface area (Å²) < 4.78 is 26.6. The molecule has 1 aliphatic heterocycles. The third-order valence-electron chi connectivity index (χ3n) is 3.03. The highest BCUT2D eigenvalue weighted by molar-refractivity contribution is 7.91. The molecule has 2 atom stereocenters. The van der Waals surface area contributed by atoms with Gasteiger partial charge in [0.25, 0.3) is 10.0 Å². The molecule has 18 heavy (non-hydrogen) atoms. The molecular weight excluding hydrogens is 296 g/mol. The van der Waals surface area contributed by atoms with Crippen LogP contribution in [0, 0.1) is 0 Å². The number of aliphatic hydroxyl groups excluding tert-OH is 1. The number of β-amino-alcohol motifs (C(OH)–C–C–N with tert-alkyl or cyclic N) is 1. The summed E-state index contributed by atoms with van der Waals surface area (Å²) in [7, 11) is 0.114. The summed E-state index contributed by atoms with van der Waals surface area (Å²) in [6.07, 6.45) is -0.662. The Kier molecular flexibility index (Phi) is 4.01. The molecule has 0 aliphatic carbocycles. The second kappa shape index (κ2) is 5.07. The zero-order valence-electron chi connectivity index (χ0n) is 10.1. The monoisotopic (exact) mass is 310 g/mol. The molecule has 1 N–H and O–H groups in total. The summed E-state index contributed by atoms with van der Waals surface area (Å²) in [6.45, 7) is 0.423. The van der Waals surface area contributed by atoms with Gasteiger partial charge in [0.2, 0.25) is 0 Å². The SMILES string of the molecule is CN(C)[C@H]1CN(S(=O)(=O)c2ccc(Cl)s2)C[C@@H]1O. The molecule has 1 aromatic rings. The summed E-state index contributed by atoms with van der Waals surface area (Å²) in [6, 6.07) is 2.89. The maximum absolute atomic E-state index is 12.3. The molecule has 1 aliphatic rings.